The molecule has 0 unspecified atom stereocenters. The second-order valence-electron chi connectivity index (χ2n) is 7.69. The van der Waals surface area contributed by atoms with Gasteiger partial charge in [0.25, 0.3) is 5.91 Å². The Morgan fingerprint density at radius 2 is 1.77 bits per heavy atom. The Morgan fingerprint density at radius 3 is 2.39 bits per heavy atom. The maximum atomic E-state index is 13.2. The van der Waals surface area contributed by atoms with Crippen molar-refractivity contribution in [2.45, 2.75) is 34.6 Å². The number of rotatable bonds is 7. The smallest absolute Gasteiger partial charge is 0.340 e. The molecular weight excluding hydrogens is 392 g/mol. The Bertz CT molecular complexity index is 1060. The minimum absolute atomic E-state index is 0.210. The van der Waals surface area contributed by atoms with Gasteiger partial charge in [-0.3, -0.25) is 4.79 Å². The minimum Gasteiger partial charge on any atom is -0.462 e. The molecule has 0 N–H and O–H groups in total. The number of esters is 1. The number of amides is 1. The predicted molar refractivity (Wildman–Crippen MR) is 121 cm³/mol. The van der Waals surface area contributed by atoms with Crippen LogP contribution in [0, 0.1) is 20.8 Å². The number of methoxy groups -OCH3 is 1. The molecule has 0 atom stereocenters. The van der Waals surface area contributed by atoms with Gasteiger partial charge in [0.15, 0.2) is 0 Å². The lowest BCUT2D eigenvalue weighted by molar-refractivity contribution is -0.138. The molecule has 1 aromatic carbocycles. The van der Waals surface area contributed by atoms with Gasteiger partial charge >= 0.3 is 5.97 Å². The van der Waals surface area contributed by atoms with Crippen LogP contribution in [-0.4, -0.2) is 48.2 Å². The van der Waals surface area contributed by atoms with Gasteiger partial charge in [-0.05, 0) is 64.5 Å². The molecule has 0 saturated carbocycles. The number of hydrogen-bond acceptors (Lipinski definition) is 4. The number of nitrogens with zero attached hydrogens (tertiary/aromatic N) is 2. The zero-order valence-corrected chi connectivity index (χ0v) is 19.1. The molecule has 0 aliphatic carbocycles. The van der Waals surface area contributed by atoms with E-state index in [1.54, 1.807) is 31.9 Å². The second-order valence-corrected chi connectivity index (χ2v) is 7.69. The van der Waals surface area contributed by atoms with Gasteiger partial charge in [0.1, 0.15) is 0 Å². The molecule has 2 heterocycles. The summed E-state index contributed by atoms with van der Waals surface area (Å²) in [4.78, 5) is 27.5. The third-order valence-electron chi connectivity index (χ3n) is 5.57. The number of benzene rings is 1. The van der Waals surface area contributed by atoms with Crippen molar-refractivity contribution < 1.29 is 19.1 Å². The maximum Gasteiger partial charge on any atom is 0.340 e. The summed E-state index contributed by atoms with van der Waals surface area (Å²) in [6.07, 6.45) is 1.80. The van der Waals surface area contributed by atoms with Gasteiger partial charge in [-0.1, -0.05) is 17.7 Å². The van der Waals surface area contributed by atoms with Crippen LogP contribution in [0.4, 0.5) is 0 Å². The molecule has 3 rings (SSSR count). The van der Waals surface area contributed by atoms with E-state index in [-0.39, 0.29) is 12.5 Å². The highest BCUT2D eigenvalue weighted by Gasteiger charge is 2.37. The first-order valence-corrected chi connectivity index (χ1v) is 10.5. The van der Waals surface area contributed by atoms with Crippen molar-refractivity contribution in [1.82, 2.24) is 9.47 Å². The lowest BCUT2D eigenvalue weighted by atomic mass is 10.0. The molecule has 164 valence electrons. The minimum atomic E-state index is -0.480. The maximum absolute atomic E-state index is 13.2. The number of aromatic nitrogens is 1. The summed E-state index contributed by atoms with van der Waals surface area (Å²) in [5.41, 5.74) is 6.47. The summed E-state index contributed by atoms with van der Waals surface area (Å²) >= 11 is 0. The largest absolute Gasteiger partial charge is 0.462 e. The summed E-state index contributed by atoms with van der Waals surface area (Å²) in [6, 6.07) is 10.3. The van der Waals surface area contributed by atoms with E-state index in [4.69, 9.17) is 9.47 Å². The molecule has 0 saturated heterocycles. The summed E-state index contributed by atoms with van der Waals surface area (Å²) in [6.45, 7) is 10.6. The van der Waals surface area contributed by atoms with E-state index < -0.39 is 5.97 Å². The molecule has 1 aromatic heterocycles. The van der Waals surface area contributed by atoms with Gasteiger partial charge < -0.3 is 18.9 Å². The van der Waals surface area contributed by atoms with Crippen LogP contribution in [-0.2, 0) is 19.1 Å². The first-order valence-electron chi connectivity index (χ1n) is 10.5. The van der Waals surface area contributed by atoms with Crippen molar-refractivity contribution in [2.24, 2.45) is 0 Å². The number of ether oxygens (including phenoxy) is 2. The molecule has 6 heteroatoms. The highest BCUT2D eigenvalue weighted by molar-refractivity contribution is 6.16. The highest BCUT2D eigenvalue weighted by Crippen LogP contribution is 2.33. The van der Waals surface area contributed by atoms with Crippen LogP contribution in [0.15, 0.2) is 47.2 Å². The van der Waals surface area contributed by atoms with Crippen LogP contribution in [0.25, 0.3) is 11.8 Å². The van der Waals surface area contributed by atoms with E-state index in [1.807, 2.05) is 19.9 Å². The van der Waals surface area contributed by atoms with Crippen LogP contribution < -0.4 is 0 Å². The predicted octanol–water partition coefficient (Wildman–Crippen LogP) is 4.11. The van der Waals surface area contributed by atoms with E-state index in [0.29, 0.717) is 30.0 Å². The number of carbonyl (C=O) groups excluding carboxylic acids is 2. The van der Waals surface area contributed by atoms with Crippen LogP contribution in [0.3, 0.4) is 0 Å². The molecule has 31 heavy (non-hydrogen) atoms. The Hall–Kier alpha value is -3.12. The van der Waals surface area contributed by atoms with Gasteiger partial charge in [0, 0.05) is 36.4 Å². The summed E-state index contributed by atoms with van der Waals surface area (Å²) in [5.74, 6) is -0.690. The topological polar surface area (TPSA) is 60.8 Å². The Kier molecular flexibility index (Phi) is 6.81. The fourth-order valence-electron chi connectivity index (χ4n) is 3.96. The van der Waals surface area contributed by atoms with E-state index in [0.717, 1.165) is 22.6 Å². The number of hydrogen-bond donors (Lipinski definition) is 0. The SMILES string of the molecule is CCOC(=O)C1=C(C)N(CCOC)C(=O)C1=Cc1cc(C)n(-c2ccc(C)cc2)c1C. The van der Waals surface area contributed by atoms with Crippen LogP contribution in [0.1, 0.15) is 36.4 Å². The van der Waals surface area contributed by atoms with Crippen LogP contribution in [0.5, 0.6) is 0 Å². The van der Waals surface area contributed by atoms with Gasteiger partial charge in [-0.15, -0.1) is 0 Å². The highest BCUT2D eigenvalue weighted by atomic mass is 16.5. The fourth-order valence-corrected chi connectivity index (χ4v) is 3.96. The third-order valence-corrected chi connectivity index (χ3v) is 5.57. The van der Waals surface area contributed by atoms with Gasteiger partial charge in [-0.2, -0.15) is 0 Å². The van der Waals surface area contributed by atoms with Crippen LogP contribution >= 0.6 is 0 Å². The van der Waals surface area contributed by atoms with Gasteiger partial charge in [0.05, 0.1) is 24.4 Å². The van der Waals surface area contributed by atoms with Gasteiger partial charge in [-0.25, -0.2) is 4.79 Å². The molecule has 6 nitrogen and oxygen atoms in total. The van der Waals surface area contributed by atoms with E-state index in [1.165, 1.54) is 5.56 Å². The molecule has 1 amide bonds. The van der Waals surface area contributed by atoms with Crippen molar-refractivity contribution >= 4 is 18.0 Å². The van der Waals surface area contributed by atoms with Crippen LogP contribution in [0.2, 0.25) is 0 Å². The van der Waals surface area contributed by atoms with E-state index >= 15 is 0 Å². The fraction of sp³-hybridized carbons (Fsp3) is 0.360. The average Bonchev–Trinajstić information content (AvgIpc) is 3.14. The Labute approximate surface area is 183 Å². The summed E-state index contributed by atoms with van der Waals surface area (Å²) in [7, 11) is 1.59. The zero-order chi connectivity index (χ0) is 22.7. The molecule has 0 bridgehead atoms. The number of aryl methyl sites for hydroxylation is 2. The van der Waals surface area contributed by atoms with Crippen molar-refractivity contribution in [3.05, 3.63) is 69.7 Å². The molecule has 0 radical (unpaired) electrons. The quantitative estimate of drug-likeness (QED) is 0.498. The molecule has 2 aromatic rings. The van der Waals surface area contributed by atoms with Crippen molar-refractivity contribution in [3.63, 3.8) is 0 Å². The van der Waals surface area contributed by atoms with Crippen molar-refractivity contribution in [2.75, 3.05) is 26.9 Å². The normalized spacial score (nSPS) is 15.4. The summed E-state index contributed by atoms with van der Waals surface area (Å²) in [5, 5.41) is 0. The van der Waals surface area contributed by atoms with Crippen molar-refractivity contribution in [1.29, 1.82) is 0 Å². The van der Waals surface area contributed by atoms with Gasteiger partial charge in [0.2, 0.25) is 0 Å². The molecule has 0 spiro atoms. The standard InChI is InChI=1S/C25H30N2O4/c1-7-31-25(29)23-19(5)26(12-13-30-6)24(28)22(23)15-20-14-17(3)27(18(20)4)21-10-8-16(2)9-11-21/h8-11,14-15H,7,12-13H2,1-6H3. The first kappa shape index (κ1) is 22.6. The third kappa shape index (κ3) is 4.35. The molecule has 0 fully saturated rings. The zero-order valence-electron chi connectivity index (χ0n) is 19.1. The molecule has 1 aliphatic rings. The first-order chi connectivity index (χ1) is 14.8. The summed E-state index contributed by atoms with van der Waals surface area (Å²) < 4.78 is 12.5. The second kappa shape index (κ2) is 9.35. The monoisotopic (exact) mass is 422 g/mol. The molecule has 1 aliphatic heterocycles. The molecular formula is C25H30N2O4. The number of allylic oxidation sites excluding steroid dienone is 1. The lowest BCUT2D eigenvalue weighted by Crippen LogP contribution is -2.28. The Morgan fingerprint density at radius 1 is 1.10 bits per heavy atom. The lowest BCUT2D eigenvalue weighted by Gasteiger charge is -2.16. The number of carbonyl (C=O) groups is 2. The van der Waals surface area contributed by atoms with E-state index in [9.17, 15) is 9.59 Å². The Balaban J connectivity index is 2.08. The average molecular weight is 423 g/mol. The van der Waals surface area contributed by atoms with E-state index in [2.05, 4.69) is 35.8 Å². The van der Waals surface area contributed by atoms with Crippen molar-refractivity contribution in [3.8, 4) is 5.69 Å².